The molecule has 0 radical (unpaired) electrons. The Balaban J connectivity index is 2.24. The maximum atomic E-state index is 13.8. The molecule has 8 heteroatoms. The van der Waals surface area contributed by atoms with Crippen LogP contribution in [0.15, 0.2) is 18.2 Å². The predicted octanol–water partition coefficient (Wildman–Crippen LogP) is 3.03. The van der Waals surface area contributed by atoms with Gasteiger partial charge in [0.25, 0.3) is 0 Å². The molecule has 2 rings (SSSR count). The molecule has 0 bridgehead atoms. The van der Waals surface area contributed by atoms with Crippen molar-refractivity contribution in [1.29, 1.82) is 0 Å². The fourth-order valence-corrected chi connectivity index (χ4v) is 2.35. The van der Waals surface area contributed by atoms with Crippen LogP contribution < -0.4 is 5.32 Å². The van der Waals surface area contributed by atoms with Gasteiger partial charge in [0.15, 0.2) is 11.6 Å². The number of amides is 2. The molecule has 1 aromatic rings. The third-order valence-corrected chi connectivity index (χ3v) is 3.29. The van der Waals surface area contributed by atoms with Crippen molar-refractivity contribution in [3.8, 4) is 0 Å². The molecular weight excluding hydrogens is 295 g/mol. The van der Waals surface area contributed by atoms with Crippen LogP contribution in [0, 0.1) is 11.6 Å². The number of alkyl halides is 3. The lowest BCUT2D eigenvalue weighted by molar-refractivity contribution is -0.140. The summed E-state index contributed by atoms with van der Waals surface area (Å²) < 4.78 is 64.4. The lowest BCUT2D eigenvalue weighted by Gasteiger charge is -2.25. The standard InChI is InChI=1S/C13H13F5N2O/c14-10-3-1-2-9(11(10)15)8-4-5-19-12(21)20(6-8)7-13(16,17)18/h1-3,8H,4-7H2,(H,19,21)/t8-/m1/s1. The monoisotopic (exact) mass is 308 g/mol. The van der Waals surface area contributed by atoms with Crippen LogP contribution in [0.25, 0.3) is 0 Å². The molecule has 1 atom stereocenters. The number of carbonyl (C=O) groups excluding carboxylic acids is 1. The normalized spacial score (nSPS) is 20.1. The largest absolute Gasteiger partial charge is 0.406 e. The Morgan fingerprint density at radius 3 is 2.67 bits per heavy atom. The van der Waals surface area contributed by atoms with Crippen LogP contribution in [0.5, 0.6) is 0 Å². The van der Waals surface area contributed by atoms with Gasteiger partial charge in [-0.25, -0.2) is 13.6 Å². The SMILES string of the molecule is O=C1NCC[C@@H](c2cccc(F)c2F)CN1CC(F)(F)F. The van der Waals surface area contributed by atoms with Crippen molar-refractivity contribution < 1.29 is 26.7 Å². The van der Waals surface area contributed by atoms with Crippen molar-refractivity contribution in [3.63, 3.8) is 0 Å². The molecule has 1 saturated heterocycles. The van der Waals surface area contributed by atoms with Crippen LogP contribution in [0.4, 0.5) is 26.7 Å². The van der Waals surface area contributed by atoms with E-state index in [9.17, 15) is 26.7 Å². The highest BCUT2D eigenvalue weighted by atomic mass is 19.4. The molecule has 1 aliphatic heterocycles. The molecule has 1 aliphatic rings. The summed E-state index contributed by atoms with van der Waals surface area (Å²) in [6.07, 6.45) is -4.31. The lowest BCUT2D eigenvalue weighted by Crippen LogP contribution is -2.44. The van der Waals surface area contributed by atoms with Crippen molar-refractivity contribution >= 4 is 6.03 Å². The molecule has 0 unspecified atom stereocenters. The van der Waals surface area contributed by atoms with E-state index in [1.54, 1.807) is 0 Å². The van der Waals surface area contributed by atoms with Gasteiger partial charge in [0.05, 0.1) is 0 Å². The summed E-state index contributed by atoms with van der Waals surface area (Å²) in [6.45, 7) is -1.63. The van der Waals surface area contributed by atoms with E-state index < -0.39 is 36.3 Å². The molecule has 116 valence electrons. The van der Waals surface area contributed by atoms with Crippen molar-refractivity contribution in [2.45, 2.75) is 18.5 Å². The zero-order chi connectivity index (χ0) is 15.6. The highest BCUT2D eigenvalue weighted by Gasteiger charge is 2.36. The molecule has 1 heterocycles. The first kappa shape index (κ1) is 15.5. The molecule has 1 aromatic carbocycles. The van der Waals surface area contributed by atoms with E-state index in [2.05, 4.69) is 5.32 Å². The highest BCUT2D eigenvalue weighted by Crippen LogP contribution is 2.28. The summed E-state index contributed by atoms with van der Waals surface area (Å²) in [5.41, 5.74) is -0.0151. The van der Waals surface area contributed by atoms with E-state index in [0.29, 0.717) is 4.90 Å². The Kier molecular flexibility index (Phi) is 4.34. The van der Waals surface area contributed by atoms with Crippen LogP contribution in [-0.2, 0) is 0 Å². The lowest BCUT2D eigenvalue weighted by atomic mass is 9.95. The van der Waals surface area contributed by atoms with Gasteiger partial charge in [-0.15, -0.1) is 0 Å². The number of nitrogens with one attached hydrogen (secondary N) is 1. The molecule has 1 N–H and O–H groups in total. The number of rotatable bonds is 2. The van der Waals surface area contributed by atoms with Crippen LogP contribution in [0.2, 0.25) is 0 Å². The molecule has 0 spiro atoms. The van der Waals surface area contributed by atoms with Gasteiger partial charge in [-0.05, 0) is 18.1 Å². The van der Waals surface area contributed by atoms with Gasteiger partial charge in [0.1, 0.15) is 6.54 Å². The van der Waals surface area contributed by atoms with Gasteiger partial charge < -0.3 is 10.2 Å². The fraction of sp³-hybridized carbons (Fsp3) is 0.462. The molecule has 3 nitrogen and oxygen atoms in total. The van der Waals surface area contributed by atoms with Crippen LogP contribution in [0.3, 0.4) is 0 Å². The predicted molar refractivity (Wildman–Crippen MR) is 64.7 cm³/mol. The van der Waals surface area contributed by atoms with Crippen molar-refractivity contribution in [2.75, 3.05) is 19.6 Å². The first-order valence-corrected chi connectivity index (χ1v) is 6.31. The van der Waals surface area contributed by atoms with Crippen molar-refractivity contribution in [1.82, 2.24) is 10.2 Å². The number of carbonyl (C=O) groups is 1. The van der Waals surface area contributed by atoms with Gasteiger partial charge in [0, 0.05) is 19.0 Å². The molecule has 21 heavy (non-hydrogen) atoms. The third kappa shape index (κ3) is 3.83. The smallest absolute Gasteiger partial charge is 0.338 e. The van der Waals surface area contributed by atoms with Crippen LogP contribution >= 0.6 is 0 Å². The quantitative estimate of drug-likeness (QED) is 0.837. The first-order valence-electron chi connectivity index (χ1n) is 6.31. The summed E-state index contributed by atoms with van der Waals surface area (Å²) in [4.78, 5) is 12.1. The van der Waals surface area contributed by atoms with Gasteiger partial charge >= 0.3 is 12.2 Å². The minimum atomic E-state index is -4.55. The second kappa shape index (κ2) is 5.87. The van der Waals surface area contributed by atoms with E-state index in [0.717, 1.165) is 6.07 Å². The molecule has 0 saturated carbocycles. The Morgan fingerprint density at radius 1 is 1.29 bits per heavy atom. The molecule has 1 fully saturated rings. The highest BCUT2D eigenvalue weighted by molar-refractivity contribution is 5.74. The zero-order valence-electron chi connectivity index (χ0n) is 10.9. The second-order valence-corrected chi connectivity index (χ2v) is 4.86. The van der Waals surface area contributed by atoms with Gasteiger partial charge in [-0.3, -0.25) is 0 Å². The number of hydrogen-bond acceptors (Lipinski definition) is 1. The maximum Gasteiger partial charge on any atom is 0.406 e. The number of hydrogen-bond donors (Lipinski definition) is 1. The first-order chi connectivity index (χ1) is 9.78. The summed E-state index contributed by atoms with van der Waals surface area (Å²) in [6, 6.07) is 2.70. The molecular formula is C13H13F5N2O. The Labute approximate surface area is 117 Å². The second-order valence-electron chi connectivity index (χ2n) is 4.86. The average Bonchev–Trinajstić information content (AvgIpc) is 2.54. The molecule has 0 aliphatic carbocycles. The van der Waals surface area contributed by atoms with Crippen molar-refractivity contribution in [2.24, 2.45) is 0 Å². The van der Waals surface area contributed by atoms with Crippen LogP contribution in [0.1, 0.15) is 17.9 Å². The van der Waals surface area contributed by atoms with E-state index in [-0.39, 0.29) is 25.1 Å². The van der Waals surface area contributed by atoms with E-state index in [4.69, 9.17) is 0 Å². The van der Waals surface area contributed by atoms with Gasteiger partial charge in [-0.2, -0.15) is 13.2 Å². The Hall–Kier alpha value is -1.86. The van der Waals surface area contributed by atoms with Gasteiger partial charge in [0.2, 0.25) is 0 Å². The summed E-state index contributed by atoms with van der Waals surface area (Å²) in [5.74, 6) is -2.83. The minimum Gasteiger partial charge on any atom is -0.338 e. The molecule has 2 amide bonds. The van der Waals surface area contributed by atoms with E-state index in [1.165, 1.54) is 12.1 Å². The topological polar surface area (TPSA) is 32.3 Å². The number of halogens is 5. The summed E-state index contributed by atoms with van der Waals surface area (Å²) in [7, 11) is 0. The molecule has 0 aromatic heterocycles. The van der Waals surface area contributed by atoms with E-state index in [1.807, 2.05) is 0 Å². The Bertz CT molecular complexity index is 532. The summed E-state index contributed by atoms with van der Waals surface area (Å²) >= 11 is 0. The fourth-order valence-electron chi connectivity index (χ4n) is 2.35. The zero-order valence-corrected chi connectivity index (χ0v) is 10.9. The van der Waals surface area contributed by atoms with Crippen molar-refractivity contribution in [3.05, 3.63) is 35.4 Å². The van der Waals surface area contributed by atoms with Crippen LogP contribution in [-0.4, -0.2) is 36.7 Å². The average molecular weight is 308 g/mol. The Morgan fingerprint density at radius 2 is 2.00 bits per heavy atom. The maximum absolute atomic E-state index is 13.8. The van der Waals surface area contributed by atoms with Gasteiger partial charge in [-0.1, -0.05) is 12.1 Å². The number of urea groups is 1. The number of nitrogens with zero attached hydrogens (tertiary/aromatic N) is 1. The van der Waals surface area contributed by atoms with E-state index >= 15 is 0 Å². The minimum absolute atomic E-state index is 0.0151. The number of benzene rings is 1. The summed E-state index contributed by atoms with van der Waals surface area (Å²) in [5, 5.41) is 2.32. The third-order valence-electron chi connectivity index (χ3n) is 3.29.